The van der Waals surface area contributed by atoms with Crippen molar-refractivity contribution >= 4 is 64.9 Å². The van der Waals surface area contributed by atoms with Crippen molar-refractivity contribution in [3.63, 3.8) is 0 Å². The van der Waals surface area contributed by atoms with Crippen LogP contribution in [0.2, 0.25) is 5.02 Å². The second kappa shape index (κ2) is 34.4. The first kappa shape index (κ1) is 80.6. The molecule has 1 saturated heterocycles. The Morgan fingerprint density at radius 1 is 0.649 bits per heavy atom. The van der Waals surface area contributed by atoms with Crippen LogP contribution in [0.3, 0.4) is 0 Å². The number of carbonyl (C=O) groups excluding carboxylic acids is 9. The molecule has 596 valence electrons. The third kappa shape index (κ3) is 17.7. The molecule has 6 aliphatic heterocycles. The Labute approximate surface area is 644 Å². The zero-order chi connectivity index (χ0) is 79.5. The van der Waals surface area contributed by atoms with Crippen LogP contribution in [0.1, 0.15) is 162 Å². The molecule has 111 heavy (non-hydrogen) atoms. The first-order valence-electron chi connectivity index (χ1n) is 37.6. The number of fused-ring (bicyclic) bond motifs is 15. The van der Waals surface area contributed by atoms with Crippen molar-refractivity contribution in [3.8, 4) is 57.1 Å². The molecule has 15 bridgehead atoms. The molecule has 32 nitrogen and oxygen atoms in total. The topological polar surface area (TPSA) is 499 Å². The third-order valence-electron chi connectivity index (χ3n) is 22.0. The number of aliphatic hydroxyl groups is 5. The molecule has 20 N–H and O–H groups in total. The minimum Gasteiger partial charge on any atom is -0.508 e. The van der Waals surface area contributed by atoms with Crippen molar-refractivity contribution in [1.82, 2.24) is 53.2 Å². The Bertz CT molecular complexity index is 4370. The molecule has 5 fully saturated rings. The van der Waals surface area contributed by atoms with Gasteiger partial charge in [0.15, 0.2) is 11.5 Å². The Balaban J connectivity index is 1.05. The highest BCUT2D eigenvalue weighted by atomic mass is 35.5. The average molecular weight is 1560 g/mol. The molecule has 4 saturated carbocycles. The number of rotatable bonds is 18. The summed E-state index contributed by atoms with van der Waals surface area (Å²) < 4.78 is 25.8. The maximum Gasteiger partial charge on any atom is 0.321 e. The van der Waals surface area contributed by atoms with Gasteiger partial charge in [0, 0.05) is 36.3 Å². The minimum absolute atomic E-state index is 0.0216. The Morgan fingerprint density at radius 2 is 1.29 bits per heavy atom. The fraction of sp³-hybridized carbons (Fsp3) is 0.500. The molecule has 15 rings (SSSR count). The summed E-state index contributed by atoms with van der Waals surface area (Å²) in [6.07, 6.45) is -5.64. The highest BCUT2D eigenvalue weighted by Gasteiger charge is 2.51. The number of carbonyl (C=O) groups is 9. The predicted molar refractivity (Wildman–Crippen MR) is 397 cm³/mol. The van der Waals surface area contributed by atoms with E-state index in [1.54, 1.807) is 0 Å². The number of hydrogen-bond donors (Lipinski definition) is 19. The maximum atomic E-state index is 16.4. The number of amides is 10. The van der Waals surface area contributed by atoms with Crippen LogP contribution in [0, 0.1) is 36.5 Å². The number of imide groups is 1. The van der Waals surface area contributed by atoms with Gasteiger partial charge in [-0.1, -0.05) is 76.3 Å². The first-order valence-corrected chi connectivity index (χ1v) is 38.0. The van der Waals surface area contributed by atoms with Gasteiger partial charge in [-0.2, -0.15) is 0 Å². The van der Waals surface area contributed by atoms with Gasteiger partial charge in [-0.25, -0.2) is 4.79 Å². The molecule has 0 spiro atoms. The van der Waals surface area contributed by atoms with Gasteiger partial charge in [-0.05, 0) is 176 Å². The number of phenols is 3. The van der Waals surface area contributed by atoms with Gasteiger partial charge in [-0.15, -0.1) is 0 Å². The van der Waals surface area contributed by atoms with Gasteiger partial charge in [0.2, 0.25) is 59.3 Å². The van der Waals surface area contributed by atoms with Gasteiger partial charge >= 0.3 is 6.03 Å². The summed E-state index contributed by atoms with van der Waals surface area (Å²) in [4.78, 5) is 136. The van der Waals surface area contributed by atoms with Crippen LogP contribution in [0.4, 0.5) is 4.79 Å². The van der Waals surface area contributed by atoms with Crippen molar-refractivity contribution in [2.45, 2.75) is 196 Å². The van der Waals surface area contributed by atoms with E-state index in [1.165, 1.54) is 50.4 Å². The number of ether oxygens (including phenoxy) is 4. The zero-order valence-corrected chi connectivity index (χ0v) is 62.5. The van der Waals surface area contributed by atoms with Gasteiger partial charge < -0.3 is 113 Å². The largest absolute Gasteiger partial charge is 0.508 e. The monoisotopic (exact) mass is 1560 g/mol. The van der Waals surface area contributed by atoms with Crippen LogP contribution in [0.25, 0.3) is 11.1 Å². The Kier molecular flexibility index (Phi) is 25.0. The number of halogens is 1. The van der Waals surface area contributed by atoms with E-state index in [-0.39, 0.29) is 92.2 Å². The molecule has 0 radical (unpaired) electrons. The number of benzene rings is 5. The average Bonchev–Trinajstić information content (AvgIpc) is 0.765. The highest BCUT2D eigenvalue weighted by molar-refractivity contribution is 6.32. The molecule has 0 aromatic heterocycles. The van der Waals surface area contributed by atoms with Gasteiger partial charge in [-0.3, -0.25) is 43.7 Å². The lowest BCUT2D eigenvalue weighted by atomic mass is 9.54. The number of nitrogens with two attached hydrogens (primary N) is 1. The standard InChI is InChI=1S/C78H96ClN11O21/c1-6-7-8-9-10-17-82-78(107)84-56(94)31-48-71(101)86-60-42-27-53(108-51-15-12-38(19-34(51)4)64(95)62(75(105)83-48)89-70(100)47(81-5)18-33(2)3)69(111-77-68(99)67(98)66(97)55(32-80)110-77)54(28-42)109-52-16-13-39(26-46(52)79)65(96)63-76(106)88-61(74(104)85-58-40-21-35-20-36(23-40)24-41(58)22-35)45-29-43(91)30-50(93)57(45)44-25-37(11-14-49(44)92)59(72(102)90-63)87-73(60)103/h11-16,19,25-30,33,35-36,40-41,47-48,55,58-68,77,81,91-93,95-99H,6-10,17-18,20-24,31-32,80H2,1-5H3,(H,83,105)(H,85,104)(H,86,101)(H,87,103)(H,88,106)(H,89,100)(H,90,102)(H2,82,84,94,107)/t35?,36?,40?,41?,47-,48+,55-,58?,59-,60-,61+,62-,63+,64-,65-,66-,67+,68-,77+/m1/s1. The number of hydrogen-bond acceptors (Lipinski definition) is 23. The number of unbranched alkanes of at least 4 members (excludes halogenated alkanes) is 4. The van der Waals surface area contributed by atoms with Gasteiger partial charge in [0.05, 0.1) is 17.5 Å². The second-order valence-electron chi connectivity index (χ2n) is 30.4. The fourth-order valence-corrected chi connectivity index (χ4v) is 16.7. The van der Waals surface area contributed by atoms with E-state index < -0.39 is 192 Å². The number of likely N-dealkylation sites (N-methyl/N-ethyl adjacent to an activating group) is 1. The lowest BCUT2D eigenvalue weighted by molar-refractivity contribution is -0.270. The Morgan fingerprint density at radius 3 is 1.95 bits per heavy atom. The van der Waals surface area contributed by atoms with Crippen LogP contribution in [0.15, 0.2) is 78.9 Å². The number of aliphatic hydroxyl groups excluding tert-OH is 5. The molecule has 5 aromatic carbocycles. The van der Waals surface area contributed by atoms with Gasteiger partial charge in [0.1, 0.15) is 102 Å². The molecule has 6 heterocycles. The second-order valence-corrected chi connectivity index (χ2v) is 30.9. The molecule has 4 aliphatic carbocycles. The zero-order valence-electron chi connectivity index (χ0n) is 61.8. The molecule has 33 heteroatoms. The third-order valence-corrected chi connectivity index (χ3v) is 22.3. The number of aryl methyl sites for hydroxylation is 1. The van der Waals surface area contributed by atoms with E-state index in [2.05, 4.69) is 53.2 Å². The normalized spacial score (nSPS) is 28.5. The predicted octanol–water partition coefficient (Wildman–Crippen LogP) is 3.66. The van der Waals surface area contributed by atoms with E-state index in [1.807, 2.05) is 20.8 Å². The van der Waals surface area contributed by atoms with Crippen molar-refractivity contribution < 1.29 is 103 Å². The molecule has 5 aromatic rings. The lowest BCUT2D eigenvalue weighted by Crippen LogP contribution is -2.60. The van der Waals surface area contributed by atoms with E-state index in [0.29, 0.717) is 18.3 Å². The molecular formula is C78H96ClN11O21. The number of nitrogens with one attached hydrogen (secondary N) is 10. The fourth-order valence-electron chi connectivity index (χ4n) is 16.5. The summed E-state index contributed by atoms with van der Waals surface area (Å²) in [5.74, 6) is -12.3. The first-order chi connectivity index (χ1) is 53.0. The molecular weight excluding hydrogens is 1460 g/mol. The number of aromatic hydroxyl groups is 3. The highest BCUT2D eigenvalue weighted by Crippen LogP contribution is 2.55. The van der Waals surface area contributed by atoms with Crippen molar-refractivity contribution in [1.29, 1.82) is 0 Å². The summed E-state index contributed by atoms with van der Waals surface area (Å²) in [7, 11) is 1.50. The van der Waals surface area contributed by atoms with Crippen molar-refractivity contribution in [3.05, 3.63) is 117 Å². The Hall–Kier alpha value is -9.90. The van der Waals surface area contributed by atoms with Crippen molar-refractivity contribution in [2.24, 2.45) is 35.3 Å². The van der Waals surface area contributed by atoms with Crippen LogP contribution < -0.4 is 73.1 Å². The van der Waals surface area contributed by atoms with Gasteiger partial charge in [0.25, 0.3) is 0 Å². The summed E-state index contributed by atoms with van der Waals surface area (Å²) in [6, 6.07) is 0.258. The van der Waals surface area contributed by atoms with E-state index in [4.69, 9.17) is 36.3 Å². The lowest BCUT2D eigenvalue weighted by Gasteiger charge is -2.54. The quantitative estimate of drug-likeness (QED) is 0.0557. The summed E-state index contributed by atoms with van der Waals surface area (Å²) in [6.45, 7) is 6.95. The van der Waals surface area contributed by atoms with E-state index in [9.17, 15) is 55.2 Å². The SMILES string of the molecule is CCCCCCCNC(=O)NC(=O)C[C@@H]1NC(=O)[C@H](NC(=O)[C@@H](CC(C)C)NC)[C@H](O)c2ccc(c(C)c2)Oc2cc3cc(c2O[C@@H]2O[C@H](CN)[C@@H](O)[C@H](O)[C@H]2O)Oc2ccc(cc2Cl)[C@@H](O)[C@@H]2NC(=O)[C@H](NC(=O)[C@@H]3NC1=O)c1ccc(O)c(c1)-c1c(O)cc(O)cc1[C@@H](C(=O)NC1C3CC4CC(C3)CC1C4)NC2=O. The summed E-state index contributed by atoms with van der Waals surface area (Å²) in [5, 5.41) is 121. The molecule has 10 amide bonds. The molecule has 14 atom stereocenters. The molecule has 0 unspecified atom stereocenters. The van der Waals surface area contributed by atoms with Crippen molar-refractivity contribution in [2.75, 3.05) is 20.1 Å². The maximum absolute atomic E-state index is 16.4. The van der Waals surface area contributed by atoms with Crippen LogP contribution in [-0.2, 0) is 43.1 Å². The van der Waals surface area contributed by atoms with E-state index in [0.717, 1.165) is 100 Å². The van der Waals surface area contributed by atoms with Crippen LogP contribution in [0.5, 0.6) is 46.0 Å². The van der Waals surface area contributed by atoms with Crippen LogP contribution in [-0.4, -0.2) is 175 Å². The smallest absolute Gasteiger partial charge is 0.321 e. The van der Waals surface area contributed by atoms with Crippen LogP contribution >= 0.6 is 11.6 Å². The number of phenolic OH excluding ortho intramolecular Hbond substituents is 3. The summed E-state index contributed by atoms with van der Waals surface area (Å²) in [5.41, 5.74) is 4.37. The summed E-state index contributed by atoms with van der Waals surface area (Å²) >= 11 is 7.17. The van der Waals surface area contributed by atoms with E-state index >= 15 is 28.8 Å². The molecule has 10 aliphatic rings. The minimum atomic E-state index is -2.31. The number of urea groups is 1.